The molecular formula is C3H10O4S4. The van der Waals surface area contributed by atoms with Gasteiger partial charge in [-0.25, -0.2) is 0 Å². The first-order chi connectivity index (χ1) is 4.81. The van der Waals surface area contributed by atoms with E-state index in [4.69, 9.17) is 18.4 Å². The van der Waals surface area contributed by atoms with E-state index in [1.165, 1.54) is 0 Å². The van der Waals surface area contributed by atoms with Crippen molar-refractivity contribution in [3.8, 4) is 0 Å². The topological polar surface area (TPSA) is 77.8 Å². The molecule has 0 aromatic rings. The minimum absolute atomic E-state index is 0.0494. The van der Waals surface area contributed by atoms with Crippen LogP contribution in [0.15, 0.2) is 0 Å². The second-order valence-electron chi connectivity index (χ2n) is 1.47. The Balaban J connectivity index is 0. The van der Waals surface area contributed by atoms with E-state index in [1.54, 1.807) is 0 Å². The van der Waals surface area contributed by atoms with Gasteiger partial charge in [-0.15, -0.1) is 0 Å². The Morgan fingerprint density at radius 2 is 1.82 bits per heavy atom. The van der Waals surface area contributed by atoms with E-state index in [1.807, 2.05) is 0 Å². The van der Waals surface area contributed by atoms with Crippen LogP contribution in [0.3, 0.4) is 0 Å². The van der Waals surface area contributed by atoms with Gasteiger partial charge < -0.3 is 5.11 Å². The zero-order valence-corrected chi connectivity index (χ0v) is 8.87. The zero-order chi connectivity index (χ0) is 9.49. The lowest BCUT2D eigenvalue weighted by Crippen LogP contribution is -2.04. The number of hydrogen-bond acceptors (Lipinski definition) is 5. The van der Waals surface area contributed by atoms with Crippen molar-refractivity contribution in [2.45, 2.75) is 5.25 Å². The van der Waals surface area contributed by atoms with Crippen molar-refractivity contribution in [1.29, 1.82) is 0 Å². The molecule has 70 valence electrons. The molecule has 0 bridgehead atoms. The summed E-state index contributed by atoms with van der Waals surface area (Å²) < 4.78 is 24.0. The minimum Gasteiger partial charge on any atom is -0.395 e. The van der Waals surface area contributed by atoms with Gasteiger partial charge in [0.25, 0.3) is 9.05 Å². The molecule has 11 heavy (non-hydrogen) atoms. The summed E-state index contributed by atoms with van der Waals surface area (Å²) in [5, 5.41) is 8.26. The molecule has 0 radical (unpaired) electrons. The number of hydrogen-bond donors (Lipinski definition) is 5. The van der Waals surface area contributed by atoms with E-state index < -0.39 is 9.05 Å². The summed E-state index contributed by atoms with van der Waals surface area (Å²) in [5.74, 6) is 0.639. The van der Waals surface area contributed by atoms with Crippen molar-refractivity contribution in [2.24, 2.45) is 0 Å². The normalized spacial score (nSPS) is 13.2. The van der Waals surface area contributed by atoms with E-state index in [0.29, 0.717) is 5.75 Å². The number of aliphatic hydroxyl groups is 1. The van der Waals surface area contributed by atoms with Gasteiger partial charge in [0.2, 0.25) is 0 Å². The van der Waals surface area contributed by atoms with E-state index in [-0.39, 0.29) is 11.9 Å². The van der Waals surface area contributed by atoms with Crippen molar-refractivity contribution in [1.82, 2.24) is 0 Å². The third kappa shape index (κ3) is 35.8. The van der Waals surface area contributed by atoms with Crippen LogP contribution in [-0.2, 0) is 20.2 Å². The molecule has 0 fully saturated rings. The zero-order valence-electron chi connectivity index (χ0n) is 5.45. The summed E-state index contributed by atoms with van der Waals surface area (Å²) in [6.45, 7) is 0.118. The van der Waals surface area contributed by atoms with Gasteiger partial charge in [0.1, 0.15) is 0 Å². The molecule has 0 saturated carbocycles. The van der Waals surface area contributed by atoms with Crippen molar-refractivity contribution >= 4 is 45.5 Å². The smallest absolute Gasteiger partial charge is 0.263 e. The van der Waals surface area contributed by atoms with Crippen LogP contribution in [0.4, 0.5) is 0 Å². The van der Waals surface area contributed by atoms with Gasteiger partial charge >= 0.3 is 0 Å². The Kier molecular flexibility index (Phi) is 9.99. The molecule has 0 heterocycles. The average Bonchev–Trinajstić information content (AvgIpc) is 1.83. The maximum Gasteiger partial charge on any atom is 0.263 e. The second kappa shape index (κ2) is 7.59. The van der Waals surface area contributed by atoms with E-state index in [0.717, 1.165) is 0 Å². The molecule has 0 aromatic heterocycles. The summed E-state index contributed by atoms with van der Waals surface area (Å²) in [7, 11) is -3.83. The molecule has 0 aliphatic heterocycles. The molecule has 3 N–H and O–H groups in total. The predicted molar refractivity (Wildman–Crippen MR) is 54.5 cm³/mol. The highest BCUT2D eigenvalue weighted by molar-refractivity contribution is 8.26. The molecule has 1 atom stereocenters. The van der Waals surface area contributed by atoms with Crippen LogP contribution < -0.4 is 0 Å². The van der Waals surface area contributed by atoms with Crippen molar-refractivity contribution in [3.63, 3.8) is 0 Å². The summed E-state index contributed by atoms with van der Waals surface area (Å²) in [6, 6.07) is 0. The number of thiol groups is 2. The van der Waals surface area contributed by atoms with Crippen LogP contribution >= 0.6 is 25.3 Å². The van der Waals surface area contributed by atoms with Gasteiger partial charge in [0.05, 0.1) is 6.61 Å². The Labute approximate surface area is 81.5 Å². The van der Waals surface area contributed by atoms with Gasteiger partial charge in [-0.2, -0.15) is 29.5 Å². The van der Waals surface area contributed by atoms with Crippen LogP contribution in [-0.4, -0.2) is 36.0 Å². The van der Waals surface area contributed by atoms with Gasteiger partial charge in [-0.3, -0.25) is 9.11 Å². The van der Waals surface area contributed by atoms with Gasteiger partial charge in [-0.05, 0) is 0 Å². The van der Waals surface area contributed by atoms with Gasteiger partial charge in [0.15, 0.2) is 0 Å². The molecule has 0 aliphatic carbocycles. The first-order valence-electron chi connectivity index (χ1n) is 2.41. The predicted octanol–water partition coefficient (Wildman–Crippen LogP) is -0.114. The Morgan fingerprint density at radius 3 is 1.82 bits per heavy atom. The first-order valence-corrected chi connectivity index (χ1v) is 5.95. The maximum atomic E-state index is 9.11. The number of rotatable bonds is 2. The van der Waals surface area contributed by atoms with Crippen molar-refractivity contribution < 1.29 is 18.4 Å². The Morgan fingerprint density at radius 1 is 1.55 bits per heavy atom. The highest BCUT2D eigenvalue weighted by atomic mass is 32.9. The van der Waals surface area contributed by atoms with Gasteiger partial charge in [-0.1, -0.05) is 0 Å². The SMILES string of the molecule is O=S(O)(O)=S.OCC(S)CS. The van der Waals surface area contributed by atoms with Crippen LogP contribution in [0.25, 0.3) is 0 Å². The molecule has 0 aromatic carbocycles. The van der Waals surface area contributed by atoms with Crippen LogP contribution in [0.2, 0.25) is 0 Å². The quantitative estimate of drug-likeness (QED) is 0.434. The summed E-state index contributed by atoms with van der Waals surface area (Å²) >= 11 is 11.2. The monoisotopic (exact) mass is 238 g/mol. The standard InChI is InChI=1S/C3H8OS2.H2O3S2/c4-1-3(6)2-5;1-5(2,3)4/h3-6H,1-2H2;(H2,1,2,3,4). The largest absolute Gasteiger partial charge is 0.395 e. The lowest BCUT2D eigenvalue weighted by molar-refractivity contribution is 0.302. The highest BCUT2D eigenvalue weighted by Crippen LogP contribution is 1.93. The first kappa shape index (κ1) is 14.5. The van der Waals surface area contributed by atoms with Crippen LogP contribution in [0.1, 0.15) is 0 Å². The molecule has 4 nitrogen and oxygen atoms in total. The third-order valence-electron chi connectivity index (χ3n) is 0.421. The second-order valence-corrected chi connectivity index (χ2v) is 4.76. The summed E-state index contributed by atoms with van der Waals surface area (Å²) in [4.78, 5) is 0. The van der Waals surface area contributed by atoms with Crippen molar-refractivity contribution in [2.75, 3.05) is 12.4 Å². The molecule has 0 rings (SSSR count). The maximum absolute atomic E-state index is 9.11. The minimum atomic E-state index is -3.83. The van der Waals surface area contributed by atoms with Gasteiger partial charge in [0, 0.05) is 22.2 Å². The molecule has 0 aliphatic rings. The number of aliphatic hydroxyl groups excluding tert-OH is 1. The lowest BCUT2D eigenvalue weighted by Gasteiger charge is -1.96. The lowest BCUT2D eigenvalue weighted by atomic mass is 10.5. The summed E-state index contributed by atoms with van der Waals surface area (Å²) in [5.41, 5.74) is 0. The average molecular weight is 238 g/mol. The Hall–Kier alpha value is 0.950. The van der Waals surface area contributed by atoms with Crippen LogP contribution in [0, 0.1) is 0 Å². The molecule has 0 saturated heterocycles. The molecule has 0 spiro atoms. The summed E-state index contributed by atoms with van der Waals surface area (Å²) in [6.07, 6.45) is 0. The fourth-order valence-corrected chi connectivity index (χ4v) is 0.173. The van der Waals surface area contributed by atoms with E-state index >= 15 is 0 Å². The molecule has 1 unspecified atom stereocenters. The fraction of sp³-hybridized carbons (Fsp3) is 1.00. The molecule has 8 heteroatoms. The van der Waals surface area contributed by atoms with Crippen LogP contribution in [0.5, 0.6) is 0 Å². The van der Waals surface area contributed by atoms with Crippen molar-refractivity contribution in [3.05, 3.63) is 0 Å². The molecule has 0 amide bonds. The van der Waals surface area contributed by atoms with E-state index in [2.05, 4.69) is 36.4 Å². The Bertz CT molecular complexity index is 152. The van der Waals surface area contributed by atoms with E-state index in [9.17, 15) is 0 Å². The third-order valence-corrected chi connectivity index (χ3v) is 1.50. The molecular weight excluding hydrogens is 228 g/mol. The highest BCUT2D eigenvalue weighted by Gasteiger charge is 1.92. The fourth-order valence-electron chi connectivity index (χ4n) is 0.0577.